The minimum atomic E-state index is -0.154. The molecular weight excluding hydrogens is 328 g/mol. The number of esters is 1. The van der Waals surface area contributed by atoms with Crippen LogP contribution in [0.2, 0.25) is 0 Å². The predicted molar refractivity (Wildman–Crippen MR) is 95.0 cm³/mol. The summed E-state index contributed by atoms with van der Waals surface area (Å²) in [6, 6.07) is 0. The van der Waals surface area contributed by atoms with E-state index in [1.54, 1.807) is 0 Å². The third-order valence-corrected chi connectivity index (χ3v) is 3.99. The van der Waals surface area contributed by atoms with Crippen molar-refractivity contribution in [2.45, 2.75) is 84.0 Å². The Balaban J connectivity index is 3.06. The normalized spacial score (nSPS) is 11.1. The Kier molecular flexibility index (Phi) is 17.5. The number of alkyl halides is 1. The lowest BCUT2D eigenvalue weighted by molar-refractivity contribution is -0.140. The lowest BCUT2D eigenvalue weighted by Gasteiger charge is -2.03. The van der Waals surface area contributed by atoms with Gasteiger partial charge in [0.2, 0.25) is 0 Å². The van der Waals surface area contributed by atoms with Crippen molar-refractivity contribution in [2.75, 3.05) is 11.9 Å². The number of hydrogen-bond donors (Lipinski definition) is 0. The Morgan fingerprint density at radius 3 is 1.95 bits per heavy atom. The van der Waals surface area contributed by atoms with Crippen LogP contribution in [0.5, 0.6) is 0 Å². The van der Waals surface area contributed by atoms with Gasteiger partial charge in [-0.15, -0.1) is 0 Å². The second-order valence-corrected chi connectivity index (χ2v) is 6.15. The average Bonchev–Trinajstić information content (AvgIpc) is 2.50. The number of carbonyl (C=O) groups excluding carboxylic acids is 1. The smallest absolute Gasteiger partial charge is 0.316 e. The van der Waals surface area contributed by atoms with Crippen LogP contribution in [-0.2, 0) is 9.53 Å². The molecule has 0 saturated carbocycles. The SMILES string of the molecule is CCCC/C=C\CCCCCCCCCCOC(=O)CBr. The first-order valence-electron chi connectivity index (χ1n) is 8.67. The summed E-state index contributed by atoms with van der Waals surface area (Å²) in [5.41, 5.74) is 0. The molecule has 0 rings (SSSR count). The van der Waals surface area contributed by atoms with E-state index >= 15 is 0 Å². The van der Waals surface area contributed by atoms with Gasteiger partial charge in [-0.05, 0) is 25.7 Å². The van der Waals surface area contributed by atoms with E-state index < -0.39 is 0 Å². The van der Waals surface area contributed by atoms with E-state index in [0.717, 1.165) is 6.42 Å². The number of halogens is 1. The van der Waals surface area contributed by atoms with Crippen LogP contribution in [0.15, 0.2) is 12.2 Å². The van der Waals surface area contributed by atoms with E-state index in [1.807, 2.05) is 0 Å². The fourth-order valence-electron chi connectivity index (χ4n) is 2.21. The van der Waals surface area contributed by atoms with Crippen molar-refractivity contribution >= 4 is 21.9 Å². The number of unbranched alkanes of at least 4 members (excludes halogenated alkanes) is 10. The molecule has 0 radical (unpaired) electrons. The third-order valence-electron chi connectivity index (χ3n) is 3.53. The highest BCUT2D eigenvalue weighted by Crippen LogP contribution is 2.10. The van der Waals surface area contributed by atoms with Crippen molar-refractivity contribution in [3.05, 3.63) is 12.2 Å². The Labute approximate surface area is 139 Å². The standard InChI is InChI=1S/C18H33BrO2/c1-2-3-4-5-6-7-8-9-10-11-12-13-14-15-16-21-18(20)17-19/h5-6H,2-4,7-17H2,1H3/b6-5-. The second-order valence-electron chi connectivity index (χ2n) is 5.58. The van der Waals surface area contributed by atoms with Gasteiger partial charge in [-0.25, -0.2) is 0 Å². The number of ether oxygens (including phenoxy) is 1. The van der Waals surface area contributed by atoms with E-state index in [9.17, 15) is 4.79 Å². The van der Waals surface area contributed by atoms with Crippen LogP contribution >= 0.6 is 15.9 Å². The molecule has 0 fully saturated rings. The summed E-state index contributed by atoms with van der Waals surface area (Å²) in [7, 11) is 0. The average molecular weight is 361 g/mol. The number of carbonyl (C=O) groups is 1. The summed E-state index contributed by atoms with van der Waals surface area (Å²) in [5.74, 6) is -0.154. The summed E-state index contributed by atoms with van der Waals surface area (Å²) in [6.45, 7) is 2.82. The quantitative estimate of drug-likeness (QED) is 0.151. The molecule has 0 aliphatic heterocycles. The molecule has 0 saturated heterocycles. The molecule has 2 nitrogen and oxygen atoms in total. The number of hydrogen-bond acceptors (Lipinski definition) is 2. The van der Waals surface area contributed by atoms with Crippen LogP contribution in [-0.4, -0.2) is 17.9 Å². The van der Waals surface area contributed by atoms with Crippen molar-refractivity contribution < 1.29 is 9.53 Å². The first-order valence-corrected chi connectivity index (χ1v) is 9.80. The van der Waals surface area contributed by atoms with Gasteiger partial charge in [-0.3, -0.25) is 4.79 Å². The molecule has 21 heavy (non-hydrogen) atoms. The van der Waals surface area contributed by atoms with Gasteiger partial charge in [0.05, 0.1) is 6.61 Å². The molecule has 0 aromatic carbocycles. The molecule has 0 bridgehead atoms. The van der Waals surface area contributed by atoms with Crippen LogP contribution in [0, 0.1) is 0 Å². The molecule has 0 aromatic rings. The van der Waals surface area contributed by atoms with E-state index in [4.69, 9.17) is 4.74 Å². The van der Waals surface area contributed by atoms with Gasteiger partial charge in [0.15, 0.2) is 0 Å². The second kappa shape index (κ2) is 17.7. The number of allylic oxidation sites excluding steroid dienone is 2. The molecule has 0 unspecified atom stereocenters. The van der Waals surface area contributed by atoms with Gasteiger partial charge in [0.1, 0.15) is 5.33 Å². The molecule has 124 valence electrons. The van der Waals surface area contributed by atoms with Crippen LogP contribution in [0.3, 0.4) is 0 Å². The maximum Gasteiger partial charge on any atom is 0.316 e. The van der Waals surface area contributed by atoms with Crippen LogP contribution in [0.4, 0.5) is 0 Å². The van der Waals surface area contributed by atoms with Gasteiger partial charge >= 0.3 is 5.97 Å². The first-order chi connectivity index (χ1) is 10.3. The number of rotatable bonds is 15. The summed E-state index contributed by atoms with van der Waals surface area (Å²) in [5, 5.41) is 0.306. The van der Waals surface area contributed by atoms with Gasteiger partial charge in [0, 0.05) is 0 Å². The minimum Gasteiger partial charge on any atom is -0.465 e. The molecule has 0 aliphatic carbocycles. The Hall–Kier alpha value is -0.310. The van der Waals surface area contributed by atoms with Gasteiger partial charge in [-0.1, -0.05) is 86.4 Å². The Morgan fingerprint density at radius 1 is 0.857 bits per heavy atom. The van der Waals surface area contributed by atoms with Gasteiger partial charge < -0.3 is 4.74 Å². The highest BCUT2D eigenvalue weighted by Gasteiger charge is 1.98. The molecular formula is C18H33BrO2. The monoisotopic (exact) mass is 360 g/mol. The fraction of sp³-hybridized carbons (Fsp3) is 0.833. The lowest BCUT2D eigenvalue weighted by Crippen LogP contribution is -2.06. The van der Waals surface area contributed by atoms with Gasteiger partial charge in [0.25, 0.3) is 0 Å². The summed E-state index contributed by atoms with van der Waals surface area (Å²) in [6.07, 6.45) is 20.0. The molecule has 0 atom stereocenters. The van der Waals surface area contributed by atoms with Crippen LogP contribution < -0.4 is 0 Å². The van der Waals surface area contributed by atoms with Crippen LogP contribution in [0.1, 0.15) is 84.0 Å². The Morgan fingerprint density at radius 2 is 1.38 bits per heavy atom. The van der Waals surface area contributed by atoms with Crippen molar-refractivity contribution in [2.24, 2.45) is 0 Å². The van der Waals surface area contributed by atoms with E-state index in [-0.39, 0.29) is 5.97 Å². The van der Waals surface area contributed by atoms with Crippen molar-refractivity contribution in [3.8, 4) is 0 Å². The molecule has 0 amide bonds. The molecule has 0 spiro atoms. The highest BCUT2D eigenvalue weighted by molar-refractivity contribution is 9.09. The van der Waals surface area contributed by atoms with Crippen molar-refractivity contribution in [3.63, 3.8) is 0 Å². The zero-order valence-corrected chi connectivity index (χ0v) is 15.3. The molecule has 0 heterocycles. The largest absolute Gasteiger partial charge is 0.465 e. The zero-order chi connectivity index (χ0) is 15.6. The van der Waals surface area contributed by atoms with E-state index in [1.165, 1.54) is 70.6 Å². The van der Waals surface area contributed by atoms with Crippen molar-refractivity contribution in [1.82, 2.24) is 0 Å². The minimum absolute atomic E-state index is 0.154. The molecule has 0 N–H and O–H groups in total. The van der Waals surface area contributed by atoms with Gasteiger partial charge in [-0.2, -0.15) is 0 Å². The predicted octanol–water partition coefficient (Wildman–Crippen LogP) is 6.18. The van der Waals surface area contributed by atoms with E-state index in [2.05, 4.69) is 35.0 Å². The molecule has 0 aliphatic rings. The van der Waals surface area contributed by atoms with E-state index in [0.29, 0.717) is 11.9 Å². The summed E-state index contributed by atoms with van der Waals surface area (Å²) in [4.78, 5) is 10.9. The van der Waals surface area contributed by atoms with Crippen molar-refractivity contribution in [1.29, 1.82) is 0 Å². The third kappa shape index (κ3) is 17.6. The summed E-state index contributed by atoms with van der Waals surface area (Å²) < 4.78 is 5.01. The zero-order valence-electron chi connectivity index (χ0n) is 13.7. The fourth-order valence-corrected chi connectivity index (χ4v) is 2.37. The topological polar surface area (TPSA) is 26.3 Å². The lowest BCUT2D eigenvalue weighted by atomic mass is 10.1. The van der Waals surface area contributed by atoms with Crippen LogP contribution in [0.25, 0.3) is 0 Å². The first kappa shape index (κ1) is 20.7. The summed E-state index contributed by atoms with van der Waals surface area (Å²) >= 11 is 3.08. The maximum atomic E-state index is 10.9. The molecule has 3 heteroatoms. The Bertz CT molecular complexity index is 252. The molecule has 0 aromatic heterocycles. The highest BCUT2D eigenvalue weighted by atomic mass is 79.9. The maximum absolute atomic E-state index is 10.9.